The number of hydrogen-bond acceptors (Lipinski definition) is 0. The number of unbranched alkanes of at least 4 members (excludes halogenated alkanes) is 6. The van der Waals surface area contributed by atoms with Gasteiger partial charge in [-0.05, 0) is 0 Å². The summed E-state index contributed by atoms with van der Waals surface area (Å²) in [6, 6.07) is 7.53. The van der Waals surface area contributed by atoms with Gasteiger partial charge in [0.1, 0.15) is 0 Å². The van der Waals surface area contributed by atoms with Crippen LogP contribution in [0.15, 0.2) is 24.3 Å². The van der Waals surface area contributed by atoms with E-state index >= 15 is 0 Å². The second kappa shape index (κ2) is 38.7. The average Bonchev–Trinajstić information content (AvgIpc) is 3.41. The Morgan fingerprint density at radius 3 is 0.865 bits per heavy atom. The molecule has 0 aliphatic carbocycles. The van der Waals surface area contributed by atoms with Gasteiger partial charge in [0.2, 0.25) is 0 Å². The largest absolute Gasteiger partial charge is 4.00 e. The Hall–Kier alpha value is 0.586. The molecule has 0 aliphatic rings. The second-order valence-corrected chi connectivity index (χ2v) is 17.2. The average molecular weight is 662 g/mol. The van der Waals surface area contributed by atoms with Crippen LogP contribution in [0.3, 0.4) is 0 Å². The Kier molecular flexibility index (Phi) is 46.7. The summed E-state index contributed by atoms with van der Waals surface area (Å²) in [6.45, 7) is 19.7. The summed E-state index contributed by atoms with van der Waals surface area (Å²) >= 11 is -2.94. The van der Waals surface area contributed by atoms with Crippen molar-refractivity contribution >= 4 is 18.1 Å². The molecule has 218 valence electrons. The number of rotatable bonds is 19. The van der Waals surface area contributed by atoms with E-state index in [4.69, 9.17) is 0 Å². The van der Waals surface area contributed by atoms with Crippen molar-refractivity contribution < 1.29 is 29.7 Å². The Morgan fingerprint density at radius 2 is 0.730 bits per heavy atom. The van der Waals surface area contributed by atoms with Gasteiger partial charge in [-0.15, -0.1) is 39.3 Å². The molecule has 0 amide bonds. The molecule has 0 saturated carbocycles. The van der Waals surface area contributed by atoms with Crippen LogP contribution in [0.2, 0.25) is 11.5 Å². The van der Waals surface area contributed by atoms with Gasteiger partial charge >= 0.3 is 83.6 Å². The standard InChI is InChI=1S/3C8H18N.C7H10FGe.Zr/c3*1-3-5-7-9-8-6-4-2;1-9(2,8)7-5-3-4-6-7;/h3*3-8H2,1-2H3;3-6H,1-2H3;/q4*-1;+4. The van der Waals surface area contributed by atoms with Crippen molar-refractivity contribution in [2.45, 2.75) is 130 Å². The Bertz CT molecular complexity index is 416. The first kappa shape index (κ1) is 44.6. The molecular formula is C31H64FGeN3Zr. The zero-order chi connectivity index (χ0) is 27.8. The monoisotopic (exact) mass is 661 g/mol. The molecule has 0 fully saturated rings. The fourth-order valence-corrected chi connectivity index (χ4v) is 4.79. The summed E-state index contributed by atoms with van der Waals surface area (Å²) in [6.07, 6.45) is 15.2. The first-order valence-electron chi connectivity index (χ1n) is 15.2. The van der Waals surface area contributed by atoms with Crippen molar-refractivity contribution in [3.05, 3.63) is 40.2 Å². The van der Waals surface area contributed by atoms with Gasteiger partial charge < -0.3 is 16.0 Å². The molecule has 0 N–H and O–H groups in total. The Morgan fingerprint density at radius 1 is 0.514 bits per heavy atom. The summed E-state index contributed by atoms with van der Waals surface area (Å²) in [5.41, 5.74) is 0. The van der Waals surface area contributed by atoms with Crippen LogP contribution in [-0.4, -0.2) is 53.0 Å². The minimum atomic E-state index is -2.94. The molecule has 1 aromatic rings. The molecule has 0 radical (unpaired) electrons. The van der Waals surface area contributed by atoms with Gasteiger partial charge in [0.15, 0.2) is 0 Å². The molecule has 0 atom stereocenters. The van der Waals surface area contributed by atoms with Crippen molar-refractivity contribution in [1.29, 1.82) is 0 Å². The van der Waals surface area contributed by atoms with Gasteiger partial charge in [-0.3, -0.25) is 0 Å². The van der Waals surface area contributed by atoms with Gasteiger partial charge in [-0.1, -0.05) is 119 Å². The predicted octanol–water partition coefficient (Wildman–Crippen LogP) is 10.7. The van der Waals surface area contributed by atoms with Crippen molar-refractivity contribution in [3.8, 4) is 0 Å². The van der Waals surface area contributed by atoms with Crippen LogP contribution < -0.4 is 4.40 Å². The molecule has 0 aromatic heterocycles. The fraction of sp³-hybridized carbons (Fsp3) is 0.839. The Balaban J connectivity index is -0.000000194. The maximum absolute atomic E-state index is 13.1. The van der Waals surface area contributed by atoms with Crippen molar-refractivity contribution in [1.82, 2.24) is 0 Å². The molecule has 0 heterocycles. The van der Waals surface area contributed by atoms with E-state index in [1.807, 2.05) is 24.3 Å². The third-order valence-corrected chi connectivity index (χ3v) is 8.95. The van der Waals surface area contributed by atoms with E-state index in [2.05, 4.69) is 57.5 Å². The van der Waals surface area contributed by atoms with E-state index < -0.39 is 13.7 Å². The zero-order valence-corrected chi connectivity index (χ0v) is 30.8. The minimum absolute atomic E-state index is 0. The molecule has 37 heavy (non-hydrogen) atoms. The summed E-state index contributed by atoms with van der Waals surface area (Å²) in [7, 11) is 0. The van der Waals surface area contributed by atoms with Crippen LogP contribution in [0.1, 0.15) is 119 Å². The van der Waals surface area contributed by atoms with Gasteiger partial charge in [0.25, 0.3) is 0 Å². The predicted molar refractivity (Wildman–Crippen MR) is 169 cm³/mol. The normalized spacial score (nSPS) is 10.2. The van der Waals surface area contributed by atoms with Crippen LogP contribution in [0.4, 0.5) is 3.50 Å². The van der Waals surface area contributed by atoms with E-state index in [1.54, 1.807) is 11.5 Å². The van der Waals surface area contributed by atoms with Gasteiger partial charge in [-0.2, -0.15) is 0 Å². The van der Waals surface area contributed by atoms with E-state index in [9.17, 15) is 3.50 Å². The summed E-state index contributed by atoms with van der Waals surface area (Å²) < 4.78 is 14.1. The van der Waals surface area contributed by atoms with Crippen LogP contribution in [0, 0.1) is 0 Å². The molecule has 0 spiro atoms. The molecule has 0 bridgehead atoms. The molecule has 0 aliphatic heterocycles. The van der Waals surface area contributed by atoms with Crippen LogP contribution >= 0.6 is 0 Å². The molecule has 0 saturated heterocycles. The molecule has 3 nitrogen and oxygen atoms in total. The third kappa shape index (κ3) is 43.9. The first-order valence-corrected chi connectivity index (χ1v) is 21.2. The minimum Gasteiger partial charge on any atom is 4.00 e. The maximum atomic E-state index is 13.1. The molecular weight excluding hydrogens is 597 g/mol. The third-order valence-electron chi connectivity index (χ3n) is 5.37. The van der Waals surface area contributed by atoms with E-state index in [0.717, 1.165) is 43.7 Å². The van der Waals surface area contributed by atoms with Gasteiger partial charge in [0.05, 0.1) is 0 Å². The van der Waals surface area contributed by atoms with Crippen LogP contribution in [0.25, 0.3) is 16.0 Å². The van der Waals surface area contributed by atoms with Crippen molar-refractivity contribution in [2.24, 2.45) is 0 Å². The van der Waals surface area contributed by atoms with Gasteiger partial charge in [-0.25, -0.2) is 0 Å². The van der Waals surface area contributed by atoms with Crippen molar-refractivity contribution in [2.75, 3.05) is 39.3 Å². The maximum Gasteiger partial charge on any atom is 4.00 e. The molecule has 1 aromatic carbocycles. The zero-order valence-electron chi connectivity index (χ0n) is 26.3. The molecule has 6 heteroatoms. The second-order valence-electron chi connectivity index (χ2n) is 9.78. The molecule has 1 rings (SSSR count). The fourth-order valence-electron chi connectivity index (χ4n) is 2.73. The van der Waals surface area contributed by atoms with Crippen LogP contribution in [-0.2, 0) is 26.2 Å². The number of halogens is 1. The number of hydrogen-bond donors (Lipinski definition) is 0. The Labute approximate surface area is 256 Å². The topological polar surface area (TPSA) is 42.3 Å². The van der Waals surface area contributed by atoms with E-state index in [-0.39, 0.29) is 26.2 Å². The van der Waals surface area contributed by atoms with Crippen molar-refractivity contribution in [3.63, 3.8) is 0 Å². The molecule has 0 unspecified atom stereocenters. The SMILES string of the molecule is CCCC[N-]CCCC.CCCC[N-]CCCC.CCCC[N-]CCCC.[CH3][Ge]([CH3])([F])[c-]1cccc1.[Zr+4]. The summed E-state index contributed by atoms with van der Waals surface area (Å²) in [4.78, 5) is 0. The van der Waals surface area contributed by atoms with Crippen LogP contribution in [0.5, 0.6) is 0 Å². The van der Waals surface area contributed by atoms with Gasteiger partial charge in [0, 0.05) is 0 Å². The summed E-state index contributed by atoms with van der Waals surface area (Å²) in [5.74, 6) is 3.49. The quantitative estimate of drug-likeness (QED) is 0.0805. The summed E-state index contributed by atoms with van der Waals surface area (Å²) in [5, 5.41) is 13.1. The van der Waals surface area contributed by atoms with E-state index in [0.29, 0.717) is 0 Å². The first-order chi connectivity index (χ1) is 17.3. The van der Waals surface area contributed by atoms with E-state index in [1.165, 1.54) is 77.0 Å². The smallest absolute Gasteiger partial charge is 4.00 e. The number of nitrogens with zero attached hydrogens (tertiary/aromatic N) is 3.